The van der Waals surface area contributed by atoms with Crippen molar-refractivity contribution in [2.75, 3.05) is 6.54 Å². The number of fused-ring (bicyclic) bond motifs is 2. The Balaban J connectivity index is 1.58. The standard InChI is InChI=1S/C16H15FN4O/c17-12-2-1-10-3-4-21(8-11(10)5-12)16(22)15-13-6-18-9-20-14(13)7-19-15/h1-2,5-6,9,15,19H,3-4,7-8H2. The SMILES string of the molecule is O=C(C1NCc2ncncc21)N1CCc2ccc(F)cc2C1. The van der Waals surface area contributed by atoms with E-state index < -0.39 is 6.04 Å². The van der Waals surface area contributed by atoms with E-state index in [2.05, 4.69) is 15.3 Å². The summed E-state index contributed by atoms with van der Waals surface area (Å²) in [5.74, 6) is -0.255. The summed E-state index contributed by atoms with van der Waals surface area (Å²) >= 11 is 0. The molecule has 1 aromatic carbocycles. The van der Waals surface area contributed by atoms with Crippen LogP contribution in [0.2, 0.25) is 0 Å². The van der Waals surface area contributed by atoms with Crippen molar-refractivity contribution < 1.29 is 9.18 Å². The van der Waals surface area contributed by atoms with Gasteiger partial charge in [-0.2, -0.15) is 0 Å². The monoisotopic (exact) mass is 298 g/mol. The molecule has 1 atom stereocenters. The van der Waals surface area contributed by atoms with Gasteiger partial charge in [0.25, 0.3) is 0 Å². The Labute approximate surface area is 127 Å². The van der Waals surface area contributed by atoms with E-state index in [1.165, 1.54) is 18.5 Å². The van der Waals surface area contributed by atoms with E-state index in [1.807, 2.05) is 6.07 Å². The minimum Gasteiger partial charge on any atom is -0.336 e. The number of carbonyl (C=O) groups excluding carboxylic acids is 1. The summed E-state index contributed by atoms with van der Waals surface area (Å²) in [5, 5.41) is 3.19. The Morgan fingerprint density at radius 1 is 1.36 bits per heavy atom. The predicted octanol–water partition coefficient (Wildman–Crippen LogP) is 1.34. The van der Waals surface area contributed by atoms with Crippen LogP contribution in [0.3, 0.4) is 0 Å². The predicted molar refractivity (Wildman–Crippen MR) is 77.1 cm³/mol. The van der Waals surface area contributed by atoms with E-state index in [4.69, 9.17) is 0 Å². The molecule has 0 aliphatic carbocycles. The van der Waals surface area contributed by atoms with Gasteiger partial charge in [-0.1, -0.05) is 6.07 Å². The third-order valence-electron chi connectivity index (χ3n) is 4.35. The van der Waals surface area contributed by atoms with Crippen molar-refractivity contribution in [1.82, 2.24) is 20.2 Å². The van der Waals surface area contributed by atoms with Gasteiger partial charge in [-0.3, -0.25) is 10.1 Å². The van der Waals surface area contributed by atoms with Gasteiger partial charge in [0.1, 0.15) is 18.2 Å². The first-order valence-electron chi connectivity index (χ1n) is 7.30. The van der Waals surface area contributed by atoms with Crippen molar-refractivity contribution in [3.63, 3.8) is 0 Å². The highest BCUT2D eigenvalue weighted by molar-refractivity contribution is 5.84. The normalized spacial score (nSPS) is 19.7. The Kier molecular flexibility index (Phi) is 3.11. The summed E-state index contributed by atoms with van der Waals surface area (Å²) in [6.07, 6.45) is 3.95. The van der Waals surface area contributed by atoms with Gasteiger partial charge in [0, 0.05) is 31.4 Å². The first kappa shape index (κ1) is 13.3. The molecule has 1 aromatic heterocycles. The van der Waals surface area contributed by atoms with E-state index in [1.54, 1.807) is 11.1 Å². The van der Waals surface area contributed by atoms with Crippen LogP contribution in [0.4, 0.5) is 4.39 Å². The summed E-state index contributed by atoms with van der Waals surface area (Å²) in [6.45, 7) is 1.68. The van der Waals surface area contributed by atoms with Crippen LogP contribution in [0.5, 0.6) is 0 Å². The average Bonchev–Trinajstić information content (AvgIpc) is 2.97. The molecule has 1 amide bonds. The molecule has 5 nitrogen and oxygen atoms in total. The fourth-order valence-corrected chi connectivity index (χ4v) is 3.18. The smallest absolute Gasteiger partial charge is 0.244 e. The van der Waals surface area contributed by atoms with Crippen LogP contribution in [-0.4, -0.2) is 27.3 Å². The number of hydrogen-bond acceptors (Lipinski definition) is 4. The second-order valence-corrected chi connectivity index (χ2v) is 5.66. The van der Waals surface area contributed by atoms with Crippen LogP contribution in [0.15, 0.2) is 30.7 Å². The quantitative estimate of drug-likeness (QED) is 0.863. The first-order valence-corrected chi connectivity index (χ1v) is 7.30. The lowest BCUT2D eigenvalue weighted by molar-refractivity contribution is -0.134. The molecule has 1 unspecified atom stereocenters. The van der Waals surface area contributed by atoms with Crippen LogP contribution in [-0.2, 0) is 24.3 Å². The molecule has 2 aromatic rings. The van der Waals surface area contributed by atoms with Gasteiger partial charge in [0.05, 0.1) is 5.69 Å². The average molecular weight is 298 g/mol. The fraction of sp³-hybridized carbons (Fsp3) is 0.312. The molecular weight excluding hydrogens is 283 g/mol. The third kappa shape index (κ3) is 2.16. The minimum absolute atomic E-state index is 0.00320. The molecule has 112 valence electrons. The van der Waals surface area contributed by atoms with Crippen LogP contribution in [0.1, 0.15) is 28.4 Å². The molecule has 1 N–H and O–H groups in total. The number of nitrogens with one attached hydrogen (secondary N) is 1. The third-order valence-corrected chi connectivity index (χ3v) is 4.35. The van der Waals surface area contributed by atoms with E-state index in [0.717, 1.165) is 28.8 Å². The van der Waals surface area contributed by atoms with E-state index in [-0.39, 0.29) is 11.7 Å². The highest BCUT2D eigenvalue weighted by Crippen LogP contribution is 2.27. The van der Waals surface area contributed by atoms with Gasteiger partial charge in [-0.25, -0.2) is 14.4 Å². The van der Waals surface area contributed by atoms with Gasteiger partial charge >= 0.3 is 0 Å². The number of carbonyl (C=O) groups is 1. The molecule has 0 radical (unpaired) electrons. The molecule has 4 rings (SSSR count). The van der Waals surface area contributed by atoms with Crippen molar-refractivity contribution in [3.8, 4) is 0 Å². The van der Waals surface area contributed by atoms with E-state index in [9.17, 15) is 9.18 Å². The van der Waals surface area contributed by atoms with Crippen LogP contribution < -0.4 is 5.32 Å². The Hall–Kier alpha value is -2.34. The Morgan fingerprint density at radius 3 is 3.18 bits per heavy atom. The Morgan fingerprint density at radius 2 is 2.27 bits per heavy atom. The fourth-order valence-electron chi connectivity index (χ4n) is 3.18. The van der Waals surface area contributed by atoms with Crippen molar-refractivity contribution in [2.24, 2.45) is 0 Å². The first-order chi connectivity index (χ1) is 10.7. The van der Waals surface area contributed by atoms with Crippen LogP contribution in [0, 0.1) is 5.82 Å². The number of rotatable bonds is 1. The molecule has 0 fully saturated rings. The molecular formula is C16H15FN4O. The molecule has 0 saturated carbocycles. The largest absolute Gasteiger partial charge is 0.336 e. The molecule has 6 heteroatoms. The lowest BCUT2D eigenvalue weighted by Crippen LogP contribution is -2.41. The zero-order valence-electron chi connectivity index (χ0n) is 11.9. The maximum atomic E-state index is 13.4. The van der Waals surface area contributed by atoms with Gasteiger partial charge in [-0.15, -0.1) is 0 Å². The zero-order valence-corrected chi connectivity index (χ0v) is 11.9. The van der Waals surface area contributed by atoms with Gasteiger partial charge in [0.2, 0.25) is 5.91 Å². The number of aromatic nitrogens is 2. The number of halogens is 1. The molecule has 2 aliphatic rings. The lowest BCUT2D eigenvalue weighted by atomic mass is 9.98. The van der Waals surface area contributed by atoms with Crippen molar-refractivity contribution in [3.05, 3.63) is 58.9 Å². The molecule has 0 bridgehead atoms. The summed E-state index contributed by atoms with van der Waals surface area (Å²) in [5.41, 5.74) is 3.73. The van der Waals surface area contributed by atoms with Crippen molar-refractivity contribution in [2.45, 2.75) is 25.6 Å². The summed E-state index contributed by atoms with van der Waals surface area (Å²) < 4.78 is 13.4. The summed E-state index contributed by atoms with van der Waals surface area (Å²) in [7, 11) is 0. The highest BCUT2D eigenvalue weighted by atomic mass is 19.1. The number of nitrogens with zero attached hydrogens (tertiary/aromatic N) is 3. The molecule has 0 spiro atoms. The number of benzene rings is 1. The molecule has 3 heterocycles. The molecule has 22 heavy (non-hydrogen) atoms. The zero-order chi connectivity index (χ0) is 15.1. The van der Waals surface area contributed by atoms with Gasteiger partial charge in [0.15, 0.2) is 0 Å². The number of hydrogen-bond donors (Lipinski definition) is 1. The van der Waals surface area contributed by atoms with Crippen LogP contribution >= 0.6 is 0 Å². The van der Waals surface area contributed by atoms with Gasteiger partial charge in [-0.05, 0) is 29.7 Å². The summed E-state index contributed by atoms with van der Waals surface area (Å²) in [4.78, 5) is 22.8. The summed E-state index contributed by atoms with van der Waals surface area (Å²) in [6, 6.07) is 4.41. The highest BCUT2D eigenvalue weighted by Gasteiger charge is 2.33. The second-order valence-electron chi connectivity index (χ2n) is 5.66. The number of amides is 1. The van der Waals surface area contributed by atoms with Crippen molar-refractivity contribution >= 4 is 5.91 Å². The van der Waals surface area contributed by atoms with Gasteiger partial charge < -0.3 is 4.90 Å². The molecule has 2 aliphatic heterocycles. The Bertz CT molecular complexity index is 749. The van der Waals surface area contributed by atoms with E-state index in [0.29, 0.717) is 19.6 Å². The maximum absolute atomic E-state index is 13.4. The minimum atomic E-state index is -0.397. The lowest BCUT2D eigenvalue weighted by Gasteiger charge is -2.31. The van der Waals surface area contributed by atoms with E-state index >= 15 is 0 Å². The second kappa shape index (κ2) is 5.14. The maximum Gasteiger partial charge on any atom is 0.244 e. The molecule has 0 saturated heterocycles. The van der Waals surface area contributed by atoms with Crippen LogP contribution in [0.25, 0.3) is 0 Å². The topological polar surface area (TPSA) is 58.1 Å². The van der Waals surface area contributed by atoms with Crippen molar-refractivity contribution in [1.29, 1.82) is 0 Å².